The molecule has 2 fully saturated rings. The van der Waals surface area contributed by atoms with Gasteiger partial charge in [0, 0.05) is 31.1 Å². The molecule has 1 aliphatic heterocycles. The number of nitrogens with one attached hydrogen (secondary N) is 2. The predicted molar refractivity (Wildman–Crippen MR) is 112 cm³/mol. The summed E-state index contributed by atoms with van der Waals surface area (Å²) in [6, 6.07) is 10.2. The maximum atomic E-state index is 12.6. The summed E-state index contributed by atoms with van der Waals surface area (Å²) in [4.78, 5) is 26.7. The molecule has 1 saturated heterocycles. The third kappa shape index (κ3) is 5.03. The summed E-state index contributed by atoms with van der Waals surface area (Å²) in [5.74, 6) is 1.10. The third-order valence-electron chi connectivity index (χ3n) is 5.63. The van der Waals surface area contributed by atoms with Gasteiger partial charge < -0.3 is 10.6 Å². The molecule has 7 heteroatoms. The smallest absolute Gasteiger partial charge is 0.239 e. The molecule has 2 amide bonds. The molecule has 2 aliphatic rings. The van der Waals surface area contributed by atoms with Crippen molar-refractivity contribution in [3.63, 3.8) is 0 Å². The molecule has 0 radical (unpaired) electrons. The van der Waals surface area contributed by atoms with Gasteiger partial charge in [0.25, 0.3) is 0 Å². The standard InChI is InChI=1S/C22H29N5O2/c1-15-3-7-19(8-4-15)27-20(13-16(2)25-27)24-21(28)14-26-11-9-18(10-12-26)23-22(29)17-5-6-17/h3-4,7-8,13,17-18H,5-6,9-12,14H2,1-2H3,(H,23,29)(H,24,28). The largest absolute Gasteiger partial charge is 0.353 e. The van der Waals surface area contributed by atoms with Gasteiger partial charge in [0.2, 0.25) is 11.8 Å². The molecule has 1 saturated carbocycles. The minimum atomic E-state index is -0.0428. The fourth-order valence-electron chi connectivity index (χ4n) is 3.76. The molecule has 2 N–H and O–H groups in total. The number of hydrogen-bond donors (Lipinski definition) is 2. The van der Waals surface area contributed by atoms with E-state index in [0.717, 1.165) is 50.2 Å². The first-order valence-electron chi connectivity index (χ1n) is 10.4. The van der Waals surface area contributed by atoms with Gasteiger partial charge in [-0.2, -0.15) is 5.10 Å². The molecule has 1 aromatic heterocycles. The van der Waals surface area contributed by atoms with Gasteiger partial charge >= 0.3 is 0 Å². The Morgan fingerprint density at radius 1 is 1.07 bits per heavy atom. The molecular formula is C22H29N5O2. The number of amides is 2. The number of aryl methyl sites for hydroxylation is 2. The van der Waals surface area contributed by atoms with Crippen LogP contribution in [0.3, 0.4) is 0 Å². The number of benzene rings is 1. The van der Waals surface area contributed by atoms with Gasteiger partial charge in [-0.3, -0.25) is 14.5 Å². The molecule has 0 bridgehead atoms. The van der Waals surface area contributed by atoms with Crippen LogP contribution in [0.4, 0.5) is 5.82 Å². The van der Waals surface area contributed by atoms with Crippen molar-refractivity contribution in [2.75, 3.05) is 25.0 Å². The Balaban J connectivity index is 1.30. The number of carbonyl (C=O) groups is 2. The van der Waals surface area contributed by atoms with E-state index in [1.165, 1.54) is 5.56 Å². The van der Waals surface area contributed by atoms with Crippen LogP contribution in [0.2, 0.25) is 0 Å². The molecule has 154 valence electrons. The van der Waals surface area contributed by atoms with Crippen molar-refractivity contribution in [3.05, 3.63) is 41.6 Å². The second-order valence-corrected chi connectivity index (χ2v) is 8.30. The molecule has 29 heavy (non-hydrogen) atoms. The number of piperidine rings is 1. The number of anilines is 1. The molecular weight excluding hydrogens is 366 g/mol. The summed E-state index contributed by atoms with van der Waals surface area (Å²) in [7, 11) is 0. The first kappa shape index (κ1) is 19.6. The highest BCUT2D eigenvalue weighted by Gasteiger charge is 2.32. The van der Waals surface area contributed by atoms with E-state index < -0.39 is 0 Å². The van der Waals surface area contributed by atoms with Crippen LogP contribution in [0, 0.1) is 19.8 Å². The van der Waals surface area contributed by atoms with Gasteiger partial charge in [-0.15, -0.1) is 0 Å². The highest BCUT2D eigenvalue weighted by atomic mass is 16.2. The normalized spacial score (nSPS) is 17.9. The molecule has 0 atom stereocenters. The lowest BCUT2D eigenvalue weighted by molar-refractivity contribution is -0.123. The Labute approximate surface area is 171 Å². The number of likely N-dealkylation sites (tertiary alicyclic amines) is 1. The zero-order valence-electron chi connectivity index (χ0n) is 17.1. The fourth-order valence-corrected chi connectivity index (χ4v) is 3.76. The molecule has 2 aromatic rings. The topological polar surface area (TPSA) is 79.3 Å². The first-order chi connectivity index (χ1) is 14.0. The van der Waals surface area contributed by atoms with E-state index in [9.17, 15) is 9.59 Å². The van der Waals surface area contributed by atoms with Crippen molar-refractivity contribution in [1.82, 2.24) is 20.0 Å². The predicted octanol–water partition coefficient (Wildman–Crippen LogP) is 2.42. The number of rotatable bonds is 6. The number of hydrogen-bond acceptors (Lipinski definition) is 4. The third-order valence-corrected chi connectivity index (χ3v) is 5.63. The van der Waals surface area contributed by atoms with Crippen LogP contribution < -0.4 is 10.6 Å². The minimum absolute atomic E-state index is 0.0428. The molecule has 0 unspecified atom stereocenters. The van der Waals surface area contributed by atoms with E-state index in [2.05, 4.69) is 20.6 Å². The van der Waals surface area contributed by atoms with Crippen LogP contribution in [0.5, 0.6) is 0 Å². The zero-order chi connectivity index (χ0) is 20.4. The van der Waals surface area contributed by atoms with E-state index in [4.69, 9.17) is 0 Å². The van der Waals surface area contributed by atoms with Crippen molar-refractivity contribution < 1.29 is 9.59 Å². The summed E-state index contributed by atoms with van der Waals surface area (Å²) in [5.41, 5.74) is 2.96. The van der Waals surface area contributed by atoms with Crippen molar-refractivity contribution >= 4 is 17.6 Å². The van der Waals surface area contributed by atoms with E-state index in [1.54, 1.807) is 4.68 Å². The highest BCUT2D eigenvalue weighted by Crippen LogP contribution is 2.29. The highest BCUT2D eigenvalue weighted by molar-refractivity contribution is 5.91. The summed E-state index contributed by atoms with van der Waals surface area (Å²) >= 11 is 0. The Kier molecular flexibility index (Phi) is 5.67. The number of aromatic nitrogens is 2. The van der Waals surface area contributed by atoms with Gasteiger partial charge in [0.1, 0.15) is 5.82 Å². The van der Waals surface area contributed by atoms with Crippen LogP contribution >= 0.6 is 0 Å². The van der Waals surface area contributed by atoms with E-state index >= 15 is 0 Å². The average molecular weight is 396 g/mol. The maximum Gasteiger partial charge on any atom is 0.239 e. The van der Waals surface area contributed by atoms with E-state index in [0.29, 0.717) is 12.4 Å². The van der Waals surface area contributed by atoms with E-state index in [1.807, 2.05) is 44.2 Å². The van der Waals surface area contributed by atoms with Crippen molar-refractivity contribution in [1.29, 1.82) is 0 Å². The zero-order valence-corrected chi connectivity index (χ0v) is 17.1. The van der Waals surface area contributed by atoms with Gasteiger partial charge in [0.15, 0.2) is 0 Å². The molecule has 4 rings (SSSR count). The first-order valence-corrected chi connectivity index (χ1v) is 10.4. The van der Waals surface area contributed by atoms with Crippen molar-refractivity contribution in [2.45, 2.75) is 45.6 Å². The summed E-state index contributed by atoms with van der Waals surface area (Å²) in [6.45, 7) is 5.95. The monoisotopic (exact) mass is 395 g/mol. The fraction of sp³-hybridized carbons (Fsp3) is 0.500. The summed E-state index contributed by atoms with van der Waals surface area (Å²) < 4.78 is 1.77. The number of nitrogens with zero attached hydrogens (tertiary/aromatic N) is 3. The summed E-state index contributed by atoms with van der Waals surface area (Å²) in [5, 5.41) is 10.7. The van der Waals surface area contributed by atoms with Crippen molar-refractivity contribution in [2.24, 2.45) is 5.92 Å². The molecule has 0 spiro atoms. The average Bonchev–Trinajstić information content (AvgIpc) is 3.48. The molecule has 2 heterocycles. The lowest BCUT2D eigenvalue weighted by Crippen LogP contribution is -2.47. The lowest BCUT2D eigenvalue weighted by atomic mass is 10.0. The molecule has 7 nitrogen and oxygen atoms in total. The Morgan fingerprint density at radius 2 is 1.76 bits per heavy atom. The van der Waals surface area contributed by atoms with Crippen molar-refractivity contribution in [3.8, 4) is 5.69 Å². The number of carbonyl (C=O) groups excluding carboxylic acids is 2. The minimum Gasteiger partial charge on any atom is -0.353 e. The van der Waals surface area contributed by atoms with Gasteiger partial charge in [0.05, 0.1) is 17.9 Å². The van der Waals surface area contributed by atoms with Crippen LogP contribution in [0.15, 0.2) is 30.3 Å². The molecule has 1 aromatic carbocycles. The van der Waals surface area contributed by atoms with Crippen LogP contribution in [0.1, 0.15) is 36.9 Å². The van der Waals surface area contributed by atoms with Gasteiger partial charge in [-0.05, 0) is 51.7 Å². The molecule has 1 aliphatic carbocycles. The SMILES string of the molecule is Cc1ccc(-n2nc(C)cc2NC(=O)CN2CCC(NC(=O)C3CC3)CC2)cc1. The second-order valence-electron chi connectivity index (χ2n) is 8.30. The maximum absolute atomic E-state index is 12.6. The Bertz CT molecular complexity index is 877. The Hall–Kier alpha value is -2.67. The second kappa shape index (κ2) is 8.37. The van der Waals surface area contributed by atoms with Crippen LogP contribution in [-0.4, -0.2) is 52.2 Å². The quantitative estimate of drug-likeness (QED) is 0.787. The van der Waals surface area contributed by atoms with Gasteiger partial charge in [-0.25, -0.2) is 4.68 Å². The summed E-state index contributed by atoms with van der Waals surface area (Å²) in [6.07, 6.45) is 3.85. The van der Waals surface area contributed by atoms with Gasteiger partial charge in [-0.1, -0.05) is 17.7 Å². The van der Waals surface area contributed by atoms with Crippen LogP contribution in [0.25, 0.3) is 5.69 Å². The van der Waals surface area contributed by atoms with Crippen LogP contribution in [-0.2, 0) is 9.59 Å². The lowest BCUT2D eigenvalue weighted by Gasteiger charge is -2.31. The van der Waals surface area contributed by atoms with E-state index in [-0.39, 0.29) is 23.8 Å². The Morgan fingerprint density at radius 3 is 2.41 bits per heavy atom.